The molecule has 1 rings (SSSR count). The van der Waals surface area contributed by atoms with Gasteiger partial charge in [-0.3, -0.25) is 4.79 Å². The number of rotatable bonds is 3. The number of likely N-dealkylation sites (tertiary alicyclic amines) is 1. The fourth-order valence-electron chi connectivity index (χ4n) is 1.73. The van der Waals surface area contributed by atoms with Crippen LogP contribution in [-0.2, 0) is 9.53 Å². The van der Waals surface area contributed by atoms with Crippen molar-refractivity contribution in [2.75, 3.05) is 26.7 Å². The minimum atomic E-state index is -0.455. The SMILES string of the molecule is COC(CN)C(=O)N1CCC(C)CC1. The Kier molecular flexibility index (Phi) is 4.35. The van der Waals surface area contributed by atoms with Crippen molar-refractivity contribution < 1.29 is 9.53 Å². The lowest BCUT2D eigenvalue weighted by molar-refractivity contribution is -0.142. The van der Waals surface area contributed by atoms with Crippen LogP contribution in [0.15, 0.2) is 0 Å². The first-order valence-corrected chi connectivity index (χ1v) is 5.20. The quantitative estimate of drug-likeness (QED) is 0.709. The molecule has 1 atom stereocenters. The fourth-order valence-corrected chi connectivity index (χ4v) is 1.73. The van der Waals surface area contributed by atoms with E-state index < -0.39 is 6.10 Å². The lowest BCUT2D eigenvalue weighted by Gasteiger charge is -2.32. The Morgan fingerprint density at radius 3 is 2.57 bits per heavy atom. The molecule has 0 aromatic carbocycles. The van der Waals surface area contributed by atoms with Crippen LogP contribution in [0.3, 0.4) is 0 Å². The second-order valence-corrected chi connectivity index (χ2v) is 3.97. The molecule has 1 heterocycles. The third-order valence-corrected chi connectivity index (χ3v) is 2.87. The number of amides is 1. The number of hydrogen-bond donors (Lipinski definition) is 1. The van der Waals surface area contributed by atoms with Crippen molar-refractivity contribution in [2.24, 2.45) is 11.7 Å². The smallest absolute Gasteiger partial charge is 0.253 e. The van der Waals surface area contributed by atoms with Crippen molar-refractivity contribution in [2.45, 2.75) is 25.9 Å². The van der Waals surface area contributed by atoms with Crippen molar-refractivity contribution in [3.05, 3.63) is 0 Å². The summed E-state index contributed by atoms with van der Waals surface area (Å²) in [7, 11) is 1.53. The summed E-state index contributed by atoms with van der Waals surface area (Å²) in [6.45, 7) is 4.18. The maximum absolute atomic E-state index is 11.8. The number of hydrogen-bond acceptors (Lipinski definition) is 3. The van der Waals surface area contributed by atoms with E-state index in [1.807, 2.05) is 4.90 Å². The molecule has 1 aliphatic heterocycles. The van der Waals surface area contributed by atoms with Gasteiger partial charge in [-0.1, -0.05) is 6.92 Å². The van der Waals surface area contributed by atoms with Gasteiger partial charge in [0.25, 0.3) is 5.91 Å². The van der Waals surface area contributed by atoms with E-state index >= 15 is 0 Å². The zero-order valence-corrected chi connectivity index (χ0v) is 9.03. The zero-order chi connectivity index (χ0) is 10.6. The first kappa shape index (κ1) is 11.5. The first-order chi connectivity index (χ1) is 6.69. The Balaban J connectivity index is 2.44. The van der Waals surface area contributed by atoms with Crippen LogP contribution in [0, 0.1) is 5.92 Å². The molecule has 1 unspecified atom stereocenters. The average molecular weight is 200 g/mol. The fraction of sp³-hybridized carbons (Fsp3) is 0.900. The highest BCUT2D eigenvalue weighted by Gasteiger charge is 2.25. The molecule has 0 aromatic rings. The highest BCUT2D eigenvalue weighted by molar-refractivity contribution is 5.81. The van der Waals surface area contributed by atoms with E-state index in [-0.39, 0.29) is 12.5 Å². The van der Waals surface area contributed by atoms with Gasteiger partial charge in [0.05, 0.1) is 0 Å². The van der Waals surface area contributed by atoms with Gasteiger partial charge in [-0.25, -0.2) is 0 Å². The van der Waals surface area contributed by atoms with Crippen LogP contribution in [0.25, 0.3) is 0 Å². The second-order valence-electron chi connectivity index (χ2n) is 3.97. The molecular weight excluding hydrogens is 180 g/mol. The van der Waals surface area contributed by atoms with Crippen LogP contribution in [0.4, 0.5) is 0 Å². The molecule has 0 aliphatic carbocycles. The van der Waals surface area contributed by atoms with Gasteiger partial charge >= 0.3 is 0 Å². The van der Waals surface area contributed by atoms with Gasteiger partial charge < -0.3 is 15.4 Å². The predicted octanol–water partition coefficient (Wildman–Crippen LogP) is 0.219. The summed E-state index contributed by atoms with van der Waals surface area (Å²) in [5.41, 5.74) is 5.45. The summed E-state index contributed by atoms with van der Waals surface area (Å²) in [6, 6.07) is 0. The van der Waals surface area contributed by atoms with E-state index in [0.29, 0.717) is 0 Å². The lowest BCUT2D eigenvalue weighted by Crippen LogP contribution is -2.46. The molecule has 1 saturated heterocycles. The number of nitrogens with zero attached hydrogens (tertiary/aromatic N) is 1. The second kappa shape index (κ2) is 5.32. The number of nitrogens with two attached hydrogens (primary N) is 1. The van der Waals surface area contributed by atoms with Gasteiger partial charge in [0, 0.05) is 26.7 Å². The molecule has 4 nitrogen and oxygen atoms in total. The summed E-state index contributed by atoms with van der Waals surface area (Å²) < 4.78 is 5.03. The van der Waals surface area contributed by atoms with E-state index in [1.54, 1.807) is 0 Å². The Morgan fingerprint density at radius 2 is 2.14 bits per heavy atom. The zero-order valence-electron chi connectivity index (χ0n) is 9.03. The first-order valence-electron chi connectivity index (χ1n) is 5.20. The van der Waals surface area contributed by atoms with Crippen LogP contribution in [0.1, 0.15) is 19.8 Å². The predicted molar refractivity (Wildman–Crippen MR) is 54.8 cm³/mol. The van der Waals surface area contributed by atoms with Gasteiger partial charge in [0.15, 0.2) is 0 Å². The Labute approximate surface area is 85.4 Å². The van der Waals surface area contributed by atoms with Crippen LogP contribution < -0.4 is 5.73 Å². The minimum Gasteiger partial charge on any atom is -0.370 e. The average Bonchev–Trinajstić information content (AvgIpc) is 2.20. The van der Waals surface area contributed by atoms with Crippen LogP contribution in [0.5, 0.6) is 0 Å². The summed E-state index contributed by atoms with van der Waals surface area (Å²) in [4.78, 5) is 13.7. The molecule has 0 spiro atoms. The van der Waals surface area contributed by atoms with Crippen molar-refractivity contribution in [3.8, 4) is 0 Å². The Hall–Kier alpha value is -0.610. The summed E-state index contributed by atoms with van der Waals surface area (Å²) in [6.07, 6.45) is 1.72. The van der Waals surface area contributed by atoms with E-state index in [1.165, 1.54) is 7.11 Å². The van der Waals surface area contributed by atoms with Crippen molar-refractivity contribution in [1.29, 1.82) is 0 Å². The highest BCUT2D eigenvalue weighted by Crippen LogP contribution is 2.16. The van der Waals surface area contributed by atoms with Crippen LogP contribution in [-0.4, -0.2) is 43.7 Å². The molecule has 1 amide bonds. The van der Waals surface area contributed by atoms with Gasteiger partial charge in [0.2, 0.25) is 0 Å². The third-order valence-electron chi connectivity index (χ3n) is 2.87. The highest BCUT2D eigenvalue weighted by atomic mass is 16.5. The van der Waals surface area contributed by atoms with Crippen molar-refractivity contribution in [1.82, 2.24) is 4.90 Å². The van der Waals surface area contributed by atoms with Gasteiger partial charge in [-0.05, 0) is 18.8 Å². The van der Waals surface area contributed by atoms with Crippen LogP contribution >= 0.6 is 0 Å². The molecule has 0 aromatic heterocycles. The summed E-state index contributed by atoms with van der Waals surface area (Å²) in [5, 5.41) is 0. The summed E-state index contributed by atoms with van der Waals surface area (Å²) in [5.74, 6) is 0.778. The number of methoxy groups -OCH3 is 1. The van der Waals surface area contributed by atoms with Gasteiger partial charge in [-0.2, -0.15) is 0 Å². The number of carbonyl (C=O) groups excluding carboxylic acids is 1. The van der Waals surface area contributed by atoms with Crippen molar-refractivity contribution >= 4 is 5.91 Å². The van der Waals surface area contributed by atoms with E-state index in [2.05, 4.69) is 6.92 Å². The molecular formula is C10H20N2O2. The molecule has 1 fully saturated rings. The molecule has 0 radical (unpaired) electrons. The van der Waals surface area contributed by atoms with E-state index in [0.717, 1.165) is 31.8 Å². The largest absolute Gasteiger partial charge is 0.370 e. The molecule has 1 aliphatic rings. The van der Waals surface area contributed by atoms with Gasteiger partial charge in [0.1, 0.15) is 6.10 Å². The van der Waals surface area contributed by atoms with Gasteiger partial charge in [-0.15, -0.1) is 0 Å². The normalized spacial score (nSPS) is 20.9. The molecule has 4 heteroatoms. The third kappa shape index (κ3) is 2.69. The number of carbonyl (C=O) groups is 1. The maximum Gasteiger partial charge on any atom is 0.253 e. The Bertz CT molecular complexity index is 185. The number of piperidine rings is 1. The standard InChI is InChI=1S/C10H20N2O2/c1-8-3-5-12(6-4-8)10(13)9(7-11)14-2/h8-9H,3-7,11H2,1-2H3. The monoisotopic (exact) mass is 200 g/mol. The Morgan fingerprint density at radius 1 is 1.57 bits per heavy atom. The van der Waals surface area contributed by atoms with Crippen molar-refractivity contribution in [3.63, 3.8) is 0 Å². The lowest BCUT2D eigenvalue weighted by atomic mass is 9.99. The summed E-state index contributed by atoms with van der Waals surface area (Å²) >= 11 is 0. The molecule has 0 bridgehead atoms. The van der Waals surface area contributed by atoms with Crippen LogP contribution in [0.2, 0.25) is 0 Å². The molecule has 14 heavy (non-hydrogen) atoms. The molecule has 82 valence electrons. The molecule has 0 saturated carbocycles. The minimum absolute atomic E-state index is 0.0434. The number of ether oxygens (including phenoxy) is 1. The van der Waals surface area contributed by atoms with E-state index in [4.69, 9.17) is 10.5 Å². The molecule has 2 N–H and O–H groups in total. The maximum atomic E-state index is 11.8. The van der Waals surface area contributed by atoms with E-state index in [9.17, 15) is 4.79 Å². The topological polar surface area (TPSA) is 55.6 Å².